The minimum absolute atomic E-state index is 0. The number of hydrogen-bond donors (Lipinski definition) is 1. The summed E-state index contributed by atoms with van der Waals surface area (Å²) in [5, 5.41) is 3.71. The fraction of sp³-hybridized carbons (Fsp3) is 0.667. The van der Waals surface area contributed by atoms with Crippen LogP contribution in [-0.2, 0) is 6.54 Å². The number of nitrogens with one attached hydrogen (secondary N) is 1. The third kappa shape index (κ3) is 5.00. The van der Waals surface area contributed by atoms with Crippen molar-refractivity contribution in [2.75, 3.05) is 19.0 Å². The van der Waals surface area contributed by atoms with Gasteiger partial charge in [0.2, 0.25) is 0 Å². The monoisotopic (exact) mass is 283 g/mol. The third-order valence-electron chi connectivity index (χ3n) is 3.73. The smallest absolute Gasteiger partial charge is 0.132 e. The predicted octanol–water partition coefficient (Wildman–Crippen LogP) is 3.38. The Morgan fingerprint density at radius 1 is 1.21 bits per heavy atom. The molecule has 0 radical (unpaired) electrons. The maximum Gasteiger partial charge on any atom is 0.132 e. The zero-order valence-electron chi connectivity index (χ0n) is 12.1. The number of rotatable bonds is 4. The predicted molar refractivity (Wildman–Crippen MR) is 84.1 cm³/mol. The van der Waals surface area contributed by atoms with Gasteiger partial charge in [0.15, 0.2) is 0 Å². The highest BCUT2D eigenvalue weighted by atomic mass is 35.5. The van der Waals surface area contributed by atoms with E-state index >= 15 is 0 Å². The van der Waals surface area contributed by atoms with E-state index < -0.39 is 0 Å². The summed E-state index contributed by atoms with van der Waals surface area (Å²) in [7, 11) is 4.11. The molecule has 1 saturated carbocycles. The van der Waals surface area contributed by atoms with Gasteiger partial charge in [-0.25, -0.2) is 4.98 Å². The number of nitrogens with zero attached hydrogens (tertiary/aromatic N) is 2. The maximum absolute atomic E-state index is 4.45. The molecule has 108 valence electrons. The van der Waals surface area contributed by atoms with E-state index in [1.807, 2.05) is 12.3 Å². The molecule has 1 N–H and O–H groups in total. The summed E-state index contributed by atoms with van der Waals surface area (Å²) in [5.41, 5.74) is 1.30. The summed E-state index contributed by atoms with van der Waals surface area (Å²) in [4.78, 5) is 6.53. The quantitative estimate of drug-likeness (QED) is 0.859. The first-order valence-corrected chi connectivity index (χ1v) is 7.12. The Kier molecular flexibility index (Phi) is 7.17. The molecule has 4 heteroatoms. The van der Waals surface area contributed by atoms with Crippen LogP contribution in [0.4, 0.5) is 5.82 Å². The summed E-state index contributed by atoms with van der Waals surface area (Å²) in [5.74, 6) is 1.08. The molecule has 1 heterocycles. The maximum atomic E-state index is 4.45. The van der Waals surface area contributed by atoms with Gasteiger partial charge in [0, 0.05) is 38.4 Å². The van der Waals surface area contributed by atoms with Crippen molar-refractivity contribution in [2.45, 2.75) is 51.1 Å². The lowest BCUT2D eigenvalue weighted by molar-refractivity contribution is 0.459. The molecule has 19 heavy (non-hydrogen) atoms. The molecule has 0 atom stereocenters. The van der Waals surface area contributed by atoms with Crippen LogP contribution in [0.25, 0.3) is 0 Å². The number of pyridine rings is 1. The molecule has 0 unspecified atom stereocenters. The van der Waals surface area contributed by atoms with E-state index in [2.05, 4.69) is 35.4 Å². The normalized spacial score (nSPS) is 16.5. The van der Waals surface area contributed by atoms with Gasteiger partial charge in [-0.2, -0.15) is 0 Å². The fourth-order valence-electron chi connectivity index (χ4n) is 2.71. The fourth-order valence-corrected chi connectivity index (χ4v) is 2.71. The largest absolute Gasteiger partial charge is 0.362 e. The molecule has 0 aliphatic heterocycles. The third-order valence-corrected chi connectivity index (χ3v) is 3.73. The average molecular weight is 284 g/mol. The molecule has 1 aliphatic carbocycles. The van der Waals surface area contributed by atoms with E-state index in [1.54, 1.807) is 0 Å². The second-order valence-corrected chi connectivity index (χ2v) is 5.45. The van der Waals surface area contributed by atoms with Gasteiger partial charge in [-0.3, -0.25) is 0 Å². The van der Waals surface area contributed by atoms with E-state index in [-0.39, 0.29) is 12.4 Å². The highest BCUT2D eigenvalue weighted by Gasteiger charge is 2.12. The van der Waals surface area contributed by atoms with Gasteiger partial charge in [0.1, 0.15) is 5.82 Å². The molecule has 1 fully saturated rings. The molecular weight excluding hydrogens is 258 g/mol. The van der Waals surface area contributed by atoms with Crippen molar-refractivity contribution in [2.24, 2.45) is 0 Å². The molecule has 0 spiro atoms. The minimum Gasteiger partial charge on any atom is -0.362 e. The summed E-state index contributed by atoms with van der Waals surface area (Å²) in [6.45, 7) is 0.937. The molecular formula is C15H26ClN3. The van der Waals surface area contributed by atoms with Crippen molar-refractivity contribution in [3.8, 4) is 0 Å². The number of halogens is 1. The van der Waals surface area contributed by atoms with Crippen molar-refractivity contribution >= 4 is 18.2 Å². The Balaban J connectivity index is 0.00000180. The molecule has 0 aromatic carbocycles. The van der Waals surface area contributed by atoms with Gasteiger partial charge < -0.3 is 10.2 Å². The van der Waals surface area contributed by atoms with Gasteiger partial charge in [0.25, 0.3) is 0 Å². The second kappa shape index (κ2) is 8.39. The Hall–Kier alpha value is -0.800. The molecule has 1 aliphatic rings. The van der Waals surface area contributed by atoms with E-state index in [0.29, 0.717) is 6.04 Å². The summed E-state index contributed by atoms with van der Waals surface area (Å²) in [6.07, 6.45) is 10.1. The lowest BCUT2D eigenvalue weighted by Crippen LogP contribution is -2.28. The first-order chi connectivity index (χ1) is 8.77. The minimum atomic E-state index is 0. The Bertz CT molecular complexity index is 360. The summed E-state index contributed by atoms with van der Waals surface area (Å²) in [6, 6.07) is 4.89. The van der Waals surface area contributed by atoms with Crippen LogP contribution < -0.4 is 10.2 Å². The molecule has 3 nitrogen and oxygen atoms in total. The number of hydrogen-bond acceptors (Lipinski definition) is 3. The molecule has 0 bridgehead atoms. The van der Waals surface area contributed by atoms with E-state index in [4.69, 9.17) is 0 Å². The zero-order chi connectivity index (χ0) is 12.8. The van der Waals surface area contributed by atoms with Crippen LogP contribution in [-0.4, -0.2) is 25.1 Å². The average Bonchev–Trinajstić information content (AvgIpc) is 2.65. The zero-order valence-corrected chi connectivity index (χ0v) is 12.9. The van der Waals surface area contributed by atoms with Gasteiger partial charge in [0.05, 0.1) is 0 Å². The Morgan fingerprint density at radius 3 is 2.53 bits per heavy atom. The lowest BCUT2D eigenvalue weighted by Gasteiger charge is -2.19. The van der Waals surface area contributed by atoms with Crippen LogP contribution in [0.15, 0.2) is 18.3 Å². The topological polar surface area (TPSA) is 28.2 Å². The van der Waals surface area contributed by atoms with Crippen LogP contribution in [0.3, 0.4) is 0 Å². The molecule has 0 amide bonds. The Morgan fingerprint density at radius 2 is 1.89 bits per heavy atom. The highest BCUT2D eigenvalue weighted by molar-refractivity contribution is 5.85. The molecule has 1 aromatic heterocycles. The highest BCUT2D eigenvalue weighted by Crippen LogP contribution is 2.19. The van der Waals surface area contributed by atoms with Crippen LogP contribution in [0.5, 0.6) is 0 Å². The molecule has 2 rings (SSSR count). The first kappa shape index (κ1) is 16.3. The van der Waals surface area contributed by atoms with Gasteiger partial charge in [-0.1, -0.05) is 31.7 Å². The van der Waals surface area contributed by atoms with Crippen molar-refractivity contribution < 1.29 is 0 Å². The SMILES string of the molecule is CN(C)c1ncccc1CNC1CCCCCC1.Cl. The first-order valence-electron chi connectivity index (χ1n) is 7.12. The van der Waals surface area contributed by atoms with Crippen molar-refractivity contribution in [1.29, 1.82) is 0 Å². The van der Waals surface area contributed by atoms with E-state index in [9.17, 15) is 0 Å². The van der Waals surface area contributed by atoms with Crippen molar-refractivity contribution in [3.05, 3.63) is 23.9 Å². The van der Waals surface area contributed by atoms with Crippen LogP contribution in [0, 0.1) is 0 Å². The van der Waals surface area contributed by atoms with Crippen molar-refractivity contribution in [1.82, 2.24) is 10.3 Å². The number of anilines is 1. The van der Waals surface area contributed by atoms with Gasteiger partial charge >= 0.3 is 0 Å². The van der Waals surface area contributed by atoms with Gasteiger partial charge in [-0.05, 0) is 18.9 Å². The molecule has 0 saturated heterocycles. The van der Waals surface area contributed by atoms with Crippen molar-refractivity contribution in [3.63, 3.8) is 0 Å². The molecule has 1 aromatic rings. The van der Waals surface area contributed by atoms with E-state index in [1.165, 1.54) is 44.1 Å². The standard InChI is InChI=1S/C15H25N3.ClH/c1-18(2)15-13(8-7-11-16-15)12-17-14-9-5-3-4-6-10-14;/h7-8,11,14,17H,3-6,9-10,12H2,1-2H3;1H. The van der Waals surface area contributed by atoms with E-state index in [0.717, 1.165) is 12.4 Å². The second-order valence-electron chi connectivity index (χ2n) is 5.45. The van der Waals surface area contributed by atoms with Gasteiger partial charge in [-0.15, -0.1) is 12.4 Å². The summed E-state index contributed by atoms with van der Waals surface area (Å²) >= 11 is 0. The van der Waals surface area contributed by atoms with Crippen LogP contribution >= 0.6 is 12.4 Å². The lowest BCUT2D eigenvalue weighted by atomic mass is 10.1. The van der Waals surface area contributed by atoms with Crippen LogP contribution in [0.2, 0.25) is 0 Å². The number of aromatic nitrogens is 1. The van der Waals surface area contributed by atoms with Crippen LogP contribution in [0.1, 0.15) is 44.1 Å². The summed E-state index contributed by atoms with van der Waals surface area (Å²) < 4.78 is 0. The Labute approximate surface area is 123 Å².